The first-order valence-corrected chi connectivity index (χ1v) is 3.62. The Morgan fingerprint density at radius 1 is 1.60 bits per heavy atom. The SMILES string of the molecule is CC1=C/C(C)C#CC/C=C\1. The molecule has 0 spiro atoms. The van der Waals surface area contributed by atoms with E-state index < -0.39 is 0 Å². The minimum Gasteiger partial charge on any atom is -0.0985 e. The predicted octanol–water partition coefficient (Wildman–Crippen LogP) is 2.53. The highest BCUT2D eigenvalue weighted by molar-refractivity contribution is 5.25. The van der Waals surface area contributed by atoms with Crippen LogP contribution in [0.15, 0.2) is 23.8 Å². The van der Waals surface area contributed by atoms with E-state index in [1.165, 1.54) is 5.57 Å². The highest BCUT2D eigenvalue weighted by Crippen LogP contribution is 2.05. The first kappa shape index (κ1) is 7.15. The Bertz CT molecular complexity index is 220. The molecule has 0 aromatic heterocycles. The van der Waals surface area contributed by atoms with Crippen molar-refractivity contribution in [2.75, 3.05) is 0 Å². The highest BCUT2D eigenvalue weighted by Gasteiger charge is 1.92. The third-order valence-corrected chi connectivity index (χ3v) is 1.44. The molecular weight excluding hydrogens is 120 g/mol. The first-order chi connectivity index (χ1) is 4.79. The first-order valence-electron chi connectivity index (χ1n) is 3.62. The Morgan fingerprint density at radius 2 is 2.40 bits per heavy atom. The topological polar surface area (TPSA) is 0 Å². The van der Waals surface area contributed by atoms with E-state index in [0.29, 0.717) is 5.92 Å². The fraction of sp³-hybridized carbons (Fsp3) is 0.400. The molecule has 0 bridgehead atoms. The van der Waals surface area contributed by atoms with Crippen LogP contribution in [0.4, 0.5) is 0 Å². The van der Waals surface area contributed by atoms with E-state index in [2.05, 4.69) is 43.9 Å². The normalized spacial score (nSPS) is 32.2. The van der Waals surface area contributed by atoms with Gasteiger partial charge in [0.15, 0.2) is 0 Å². The average Bonchev–Trinajstić information content (AvgIpc) is 1.83. The van der Waals surface area contributed by atoms with Gasteiger partial charge in [0.2, 0.25) is 0 Å². The van der Waals surface area contributed by atoms with Gasteiger partial charge in [0, 0.05) is 12.3 Å². The molecule has 0 heterocycles. The van der Waals surface area contributed by atoms with Crippen LogP contribution in [0, 0.1) is 17.8 Å². The highest BCUT2D eigenvalue weighted by atomic mass is 14.0. The Hall–Kier alpha value is -0.960. The maximum Gasteiger partial charge on any atom is 0.0360 e. The van der Waals surface area contributed by atoms with E-state index >= 15 is 0 Å². The van der Waals surface area contributed by atoms with Crippen molar-refractivity contribution in [1.82, 2.24) is 0 Å². The lowest BCUT2D eigenvalue weighted by Gasteiger charge is -1.98. The minimum atomic E-state index is 0.421. The summed E-state index contributed by atoms with van der Waals surface area (Å²) in [5.74, 6) is 6.63. The molecule has 0 saturated carbocycles. The van der Waals surface area contributed by atoms with Gasteiger partial charge in [-0.05, 0) is 13.8 Å². The molecule has 0 radical (unpaired) electrons. The summed E-state index contributed by atoms with van der Waals surface area (Å²) in [6, 6.07) is 0. The van der Waals surface area contributed by atoms with Crippen molar-refractivity contribution in [2.24, 2.45) is 5.92 Å². The van der Waals surface area contributed by atoms with Crippen molar-refractivity contribution in [3.05, 3.63) is 23.8 Å². The molecule has 1 rings (SSSR count). The molecule has 0 aromatic carbocycles. The van der Waals surface area contributed by atoms with Crippen molar-refractivity contribution in [2.45, 2.75) is 20.3 Å². The van der Waals surface area contributed by atoms with E-state index in [-0.39, 0.29) is 0 Å². The molecule has 0 fully saturated rings. The molecule has 1 aliphatic rings. The number of hydrogen-bond donors (Lipinski definition) is 0. The molecule has 0 N–H and O–H groups in total. The summed E-state index contributed by atoms with van der Waals surface area (Å²) in [5.41, 5.74) is 1.32. The monoisotopic (exact) mass is 132 g/mol. The Balaban J connectivity index is 2.80. The smallest absolute Gasteiger partial charge is 0.0360 e. The van der Waals surface area contributed by atoms with Crippen LogP contribution in [0.25, 0.3) is 0 Å². The molecule has 52 valence electrons. The fourth-order valence-electron chi connectivity index (χ4n) is 1.02. The minimum absolute atomic E-state index is 0.421. The van der Waals surface area contributed by atoms with Crippen LogP contribution in [0.1, 0.15) is 20.3 Å². The third-order valence-electron chi connectivity index (χ3n) is 1.44. The average molecular weight is 132 g/mol. The van der Waals surface area contributed by atoms with Crippen molar-refractivity contribution >= 4 is 0 Å². The molecule has 0 aliphatic heterocycles. The van der Waals surface area contributed by atoms with Crippen LogP contribution in [-0.4, -0.2) is 0 Å². The summed E-state index contributed by atoms with van der Waals surface area (Å²) in [7, 11) is 0. The van der Waals surface area contributed by atoms with E-state index in [4.69, 9.17) is 0 Å². The number of hydrogen-bond acceptors (Lipinski definition) is 0. The van der Waals surface area contributed by atoms with Crippen LogP contribution in [0.5, 0.6) is 0 Å². The molecule has 10 heavy (non-hydrogen) atoms. The van der Waals surface area contributed by atoms with Gasteiger partial charge in [0.25, 0.3) is 0 Å². The molecule has 1 unspecified atom stereocenters. The fourth-order valence-corrected chi connectivity index (χ4v) is 1.02. The number of allylic oxidation sites excluding steroid dienone is 4. The largest absolute Gasteiger partial charge is 0.0985 e. The van der Waals surface area contributed by atoms with Crippen LogP contribution >= 0.6 is 0 Å². The lowest BCUT2D eigenvalue weighted by molar-refractivity contribution is 0.964. The quantitative estimate of drug-likeness (QED) is 0.444. The lowest BCUT2D eigenvalue weighted by atomic mass is 10.1. The molecule has 1 atom stereocenters. The molecule has 0 aromatic rings. The maximum absolute atomic E-state index is 3.14. The molecule has 0 nitrogen and oxygen atoms in total. The van der Waals surface area contributed by atoms with E-state index in [1.54, 1.807) is 0 Å². The van der Waals surface area contributed by atoms with Crippen molar-refractivity contribution in [1.29, 1.82) is 0 Å². The van der Waals surface area contributed by atoms with Crippen molar-refractivity contribution in [3.63, 3.8) is 0 Å². The standard InChI is InChI=1S/C10H12/c1-9-6-4-3-5-7-10(2)8-9/h4,6,8,10H,3H2,1-2H3/b6-4-,9-8-. The second kappa shape index (κ2) is 3.27. The van der Waals surface area contributed by atoms with Gasteiger partial charge in [-0.15, -0.1) is 0 Å². The zero-order chi connectivity index (χ0) is 7.40. The van der Waals surface area contributed by atoms with Crippen LogP contribution < -0.4 is 0 Å². The van der Waals surface area contributed by atoms with Gasteiger partial charge in [0.1, 0.15) is 0 Å². The molecular formula is C10H12. The zero-order valence-corrected chi connectivity index (χ0v) is 6.52. The van der Waals surface area contributed by atoms with Gasteiger partial charge < -0.3 is 0 Å². The molecule has 0 amide bonds. The predicted molar refractivity (Wildman–Crippen MR) is 44.5 cm³/mol. The Labute approximate surface area is 62.6 Å². The third kappa shape index (κ3) is 2.11. The summed E-state index contributed by atoms with van der Waals surface area (Å²) < 4.78 is 0. The second-order valence-corrected chi connectivity index (χ2v) is 2.63. The van der Waals surface area contributed by atoms with Crippen molar-refractivity contribution in [3.8, 4) is 11.8 Å². The summed E-state index contributed by atoms with van der Waals surface area (Å²) >= 11 is 0. The Morgan fingerprint density at radius 3 is 3.20 bits per heavy atom. The molecule has 0 heteroatoms. The van der Waals surface area contributed by atoms with Gasteiger partial charge in [0.05, 0.1) is 0 Å². The van der Waals surface area contributed by atoms with E-state index in [0.717, 1.165) is 6.42 Å². The molecule has 1 aliphatic carbocycles. The summed E-state index contributed by atoms with van der Waals surface area (Å²) in [4.78, 5) is 0. The van der Waals surface area contributed by atoms with Gasteiger partial charge in [-0.1, -0.05) is 35.6 Å². The van der Waals surface area contributed by atoms with Gasteiger partial charge in [-0.3, -0.25) is 0 Å². The van der Waals surface area contributed by atoms with Gasteiger partial charge in [-0.25, -0.2) is 0 Å². The lowest BCUT2D eigenvalue weighted by Crippen LogP contribution is -1.86. The van der Waals surface area contributed by atoms with E-state index in [1.807, 2.05) is 0 Å². The summed E-state index contributed by atoms with van der Waals surface area (Å²) in [5, 5.41) is 0. The van der Waals surface area contributed by atoms with Crippen LogP contribution in [0.3, 0.4) is 0 Å². The maximum atomic E-state index is 3.14. The van der Waals surface area contributed by atoms with Crippen LogP contribution in [-0.2, 0) is 0 Å². The van der Waals surface area contributed by atoms with Crippen LogP contribution in [0.2, 0.25) is 0 Å². The van der Waals surface area contributed by atoms with Gasteiger partial charge in [-0.2, -0.15) is 0 Å². The molecule has 0 saturated heterocycles. The van der Waals surface area contributed by atoms with Gasteiger partial charge >= 0.3 is 0 Å². The summed E-state index contributed by atoms with van der Waals surface area (Å²) in [6.45, 7) is 4.23. The second-order valence-electron chi connectivity index (χ2n) is 2.63. The zero-order valence-electron chi connectivity index (χ0n) is 6.52. The van der Waals surface area contributed by atoms with Crippen molar-refractivity contribution < 1.29 is 0 Å². The Kier molecular flexibility index (Phi) is 2.34. The van der Waals surface area contributed by atoms with E-state index in [9.17, 15) is 0 Å². The number of rotatable bonds is 0. The summed E-state index contributed by atoms with van der Waals surface area (Å²) in [6.07, 6.45) is 7.31.